The lowest BCUT2D eigenvalue weighted by atomic mass is 10.00. The predicted octanol–water partition coefficient (Wildman–Crippen LogP) is 2.75. The van der Waals surface area contributed by atoms with Gasteiger partial charge in [0.2, 0.25) is 0 Å². The zero-order valence-corrected chi connectivity index (χ0v) is 9.83. The monoisotopic (exact) mass is 234 g/mol. The molecule has 3 nitrogen and oxygen atoms in total. The first-order valence-corrected chi connectivity index (χ1v) is 6.04. The van der Waals surface area contributed by atoms with Crippen molar-refractivity contribution >= 4 is 23.7 Å². The van der Waals surface area contributed by atoms with E-state index < -0.39 is 0 Å². The second kappa shape index (κ2) is 4.11. The Balaban J connectivity index is 1.97. The van der Waals surface area contributed by atoms with E-state index in [0.717, 1.165) is 47.8 Å². The average molecular weight is 234 g/mol. The number of imidazole rings is 1. The summed E-state index contributed by atoms with van der Waals surface area (Å²) in [5, 5.41) is 0. The Kier molecular flexibility index (Phi) is 2.61. The summed E-state index contributed by atoms with van der Waals surface area (Å²) in [7, 11) is 0. The Hall–Kier alpha value is -1.00. The summed E-state index contributed by atoms with van der Waals surface area (Å²) in [5.41, 5.74) is 2.10. The summed E-state index contributed by atoms with van der Waals surface area (Å²) in [6.07, 6.45) is 2.13. The Morgan fingerprint density at radius 3 is 2.94 bits per heavy atom. The smallest absolute Gasteiger partial charge is 0.110 e. The topological polar surface area (TPSA) is 37.9 Å². The molecule has 16 heavy (non-hydrogen) atoms. The van der Waals surface area contributed by atoms with Crippen molar-refractivity contribution in [2.75, 3.05) is 13.2 Å². The molecule has 0 radical (unpaired) electrons. The molecule has 2 aromatic rings. The standard InChI is InChI=1S/C12H14N2OS/c16-9-1-2-10-11(7-9)14-12(13-10)8-3-5-15-6-4-8/h1-2,7-8,16H,3-6H2,(H,13,14). The number of H-pyrrole nitrogens is 1. The highest BCUT2D eigenvalue weighted by molar-refractivity contribution is 7.80. The molecular weight excluding hydrogens is 220 g/mol. The van der Waals surface area contributed by atoms with Crippen LogP contribution < -0.4 is 0 Å². The molecule has 0 atom stereocenters. The molecule has 1 aliphatic rings. The highest BCUT2D eigenvalue weighted by Crippen LogP contribution is 2.27. The van der Waals surface area contributed by atoms with Crippen LogP contribution in [0.25, 0.3) is 11.0 Å². The summed E-state index contributed by atoms with van der Waals surface area (Å²) in [6.45, 7) is 1.69. The SMILES string of the molecule is Sc1ccc2nc(C3CCOCC3)[nH]c2c1. The summed E-state index contributed by atoms with van der Waals surface area (Å²) in [5.74, 6) is 1.61. The first kappa shape index (κ1) is 10.2. The first-order chi connectivity index (χ1) is 7.83. The van der Waals surface area contributed by atoms with Gasteiger partial charge in [0.15, 0.2) is 0 Å². The van der Waals surface area contributed by atoms with Crippen molar-refractivity contribution in [3.05, 3.63) is 24.0 Å². The highest BCUT2D eigenvalue weighted by Gasteiger charge is 2.19. The van der Waals surface area contributed by atoms with Gasteiger partial charge in [-0.3, -0.25) is 0 Å². The second-order valence-electron chi connectivity index (χ2n) is 4.21. The number of nitrogens with zero attached hydrogens (tertiary/aromatic N) is 1. The van der Waals surface area contributed by atoms with Crippen LogP contribution in [0.4, 0.5) is 0 Å². The lowest BCUT2D eigenvalue weighted by Gasteiger charge is -2.19. The Labute approximate surface area is 99.6 Å². The van der Waals surface area contributed by atoms with Gasteiger partial charge >= 0.3 is 0 Å². The van der Waals surface area contributed by atoms with Gasteiger partial charge in [0.1, 0.15) is 5.82 Å². The number of thiol groups is 1. The highest BCUT2D eigenvalue weighted by atomic mass is 32.1. The number of aromatic amines is 1. The van der Waals surface area contributed by atoms with Crippen molar-refractivity contribution in [2.24, 2.45) is 0 Å². The van der Waals surface area contributed by atoms with Crippen LogP contribution in [0.2, 0.25) is 0 Å². The van der Waals surface area contributed by atoms with Gasteiger partial charge in [-0.15, -0.1) is 12.6 Å². The normalized spacial score (nSPS) is 18.1. The summed E-state index contributed by atoms with van der Waals surface area (Å²) >= 11 is 4.33. The van der Waals surface area contributed by atoms with Crippen LogP contribution >= 0.6 is 12.6 Å². The van der Waals surface area contributed by atoms with E-state index in [1.165, 1.54) is 0 Å². The van der Waals surface area contributed by atoms with Crippen molar-refractivity contribution in [1.29, 1.82) is 0 Å². The van der Waals surface area contributed by atoms with Gasteiger partial charge in [-0.25, -0.2) is 4.98 Å². The number of aromatic nitrogens is 2. The number of fused-ring (bicyclic) bond motifs is 1. The maximum atomic E-state index is 5.36. The number of benzene rings is 1. The fourth-order valence-corrected chi connectivity index (χ4v) is 2.39. The van der Waals surface area contributed by atoms with Crippen LogP contribution in [0.15, 0.2) is 23.1 Å². The molecule has 4 heteroatoms. The molecule has 1 saturated heterocycles. The Bertz CT molecular complexity index is 503. The van der Waals surface area contributed by atoms with Gasteiger partial charge in [0, 0.05) is 24.0 Å². The van der Waals surface area contributed by atoms with Gasteiger partial charge in [0.25, 0.3) is 0 Å². The molecular formula is C12H14N2OS. The van der Waals surface area contributed by atoms with E-state index in [0.29, 0.717) is 5.92 Å². The molecule has 0 spiro atoms. The maximum absolute atomic E-state index is 5.36. The molecule has 0 unspecified atom stereocenters. The van der Waals surface area contributed by atoms with Gasteiger partial charge in [-0.1, -0.05) is 0 Å². The van der Waals surface area contributed by atoms with Gasteiger partial charge in [-0.05, 0) is 31.0 Å². The molecule has 1 aliphatic heterocycles. The third-order valence-electron chi connectivity index (χ3n) is 3.09. The number of hydrogen-bond acceptors (Lipinski definition) is 3. The number of rotatable bonds is 1. The average Bonchev–Trinajstić information content (AvgIpc) is 2.73. The minimum atomic E-state index is 0.518. The molecule has 3 rings (SSSR count). The molecule has 1 aromatic carbocycles. The minimum absolute atomic E-state index is 0.518. The van der Waals surface area contributed by atoms with Crippen molar-refractivity contribution in [3.8, 4) is 0 Å². The summed E-state index contributed by atoms with van der Waals surface area (Å²) in [6, 6.07) is 6.01. The molecule has 0 amide bonds. The van der Waals surface area contributed by atoms with Gasteiger partial charge < -0.3 is 9.72 Å². The fourth-order valence-electron chi connectivity index (χ4n) is 2.18. The summed E-state index contributed by atoms with van der Waals surface area (Å²) in [4.78, 5) is 8.99. The molecule has 0 aliphatic carbocycles. The fraction of sp³-hybridized carbons (Fsp3) is 0.417. The zero-order valence-electron chi connectivity index (χ0n) is 8.94. The van der Waals surface area contributed by atoms with E-state index in [1.54, 1.807) is 0 Å². The lowest BCUT2D eigenvalue weighted by molar-refractivity contribution is 0.0838. The molecule has 1 fully saturated rings. The number of nitrogens with one attached hydrogen (secondary N) is 1. The number of ether oxygens (including phenoxy) is 1. The van der Waals surface area contributed by atoms with E-state index >= 15 is 0 Å². The third-order valence-corrected chi connectivity index (χ3v) is 3.37. The van der Waals surface area contributed by atoms with Crippen molar-refractivity contribution < 1.29 is 4.74 Å². The van der Waals surface area contributed by atoms with Crippen LogP contribution in [0.5, 0.6) is 0 Å². The summed E-state index contributed by atoms with van der Waals surface area (Å²) < 4.78 is 5.36. The minimum Gasteiger partial charge on any atom is -0.381 e. The molecule has 0 saturated carbocycles. The van der Waals surface area contributed by atoms with Crippen molar-refractivity contribution in [2.45, 2.75) is 23.7 Å². The van der Waals surface area contributed by atoms with Gasteiger partial charge in [0.05, 0.1) is 11.0 Å². The predicted molar refractivity (Wildman–Crippen MR) is 66.1 cm³/mol. The first-order valence-electron chi connectivity index (χ1n) is 5.59. The van der Waals surface area contributed by atoms with E-state index in [4.69, 9.17) is 4.74 Å². The van der Waals surface area contributed by atoms with Crippen LogP contribution in [-0.4, -0.2) is 23.2 Å². The second-order valence-corrected chi connectivity index (χ2v) is 4.73. The molecule has 1 N–H and O–H groups in total. The zero-order chi connectivity index (χ0) is 11.0. The van der Waals surface area contributed by atoms with Gasteiger partial charge in [-0.2, -0.15) is 0 Å². The molecule has 2 heterocycles. The van der Waals surface area contributed by atoms with E-state index in [2.05, 4.69) is 22.6 Å². The quantitative estimate of drug-likeness (QED) is 0.745. The van der Waals surface area contributed by atoms with Crippen LogP contribution in [-0.2, 0) is 4.74 Å². The molecule has 0 bridgehead atoms. The Morgan fingerprint density at radius 2 is 2.12 bits per heavy atom. The van der Waals surface area contributed by atoms with Crippen molar-refractivity contribution in [3.63, 3.8) is 0 Å². The lowest BCUT2D eigenvalue weighted by Crippen LogP contribution is -2.15. The third kappa shape index (κ3) is 1.83. The van der Waals surface area contributed by atoms with Crippen LogP contribution in [0, 0.1) is 0 Å². The molecule has 84 valence electrons. The maximum Gasteiger partial charge on any atom is 0.110 e. The van der Waals surface area contributed by atoms with E-state index in [1.807, 2.05) is 18.2 Å². The van der Waals surface area contributed by atoms with Crippen molar-refractivity contribution in [1.82, 2.24) is 9.97 Å². The Morgan fingerprint density at radius 1 is 1.31 bits per heavy atom. The largest absolute Gasteiger partial charge is 0.381 e. The van der Waals surface area contributed by atoms with Crippen LogP contribution in [0.1, 0.15) is 24.6 Å². The van der Waals surface area contributed by atoms with E-state index in [-0.39, 0.29) is 0 Å². The molecule has 1 aromatic heterocycles. The number of hydrogen-bond donors (Lipinski definition) is 2. The van der Waals surface area contributed by atoms with Crippen LogP contribution in [0.3, 0.4) is 0 Å². The van der Waals surface area contributed by atoms with E-state index in [9.17, 15) is 0 Å².